The van der Waals surface area contributed by atoms with Gasteiger partial charge in [0.15, 0.2) is 0 Å². The zero-order valence-electron chi connectivity index (χ0n) is 10.8. The van der Waals surface area contributed by atoms with E-state index in [4.69, 9.17) is 0 Å². The summed E-state index contributed by atoms with van der Waals surface area (Å²) in [6, 6.07) is 5.04. The van der Waals surface area contributed by atoms with Crippen LogP contribution in [0.25, 0.3) is 0 Å². The molecule has 0 spiro atoms. The van der Waals surface area contributed by atoms with Gasteiger partial charge >= 0.3 is 0 Å². The van der Waals surface area contributed by atoms with Crippen LogP contribution in [-0.4, -0.2) is 42.1 Å². The Hall–Kier alpha value is -1.60. The molecule has 4 nitrogen and oxygen atoms in total. The first-order valence-corrected chi connectivity index (χ1v) is 6.64. The van der Waals surface area contributed by atoms with Crippen LogP contribution in [0.5, 0.6) is 0 Å². The molecule has 2 heterocycles. The molecule has 0 amide bonds. The SMILES string of the molecule is Cc1ccnc(N2CCN(C3CC3)CC2)c1C#N. The fraction of sp³-hybridized carbons (Fsp3) is 0.571. The second-order valence-electron chi connectivity index (χ2n) is 5.19. The molecule has 1 aromatic rings. The summed E-state index contributed by atoms with van der Waals surface area (Å²) < 4.78 is 0. The van der Waals surface area contributed by atoms with E-state index >= 15 is 0 Å². The number of rotatable bonds is 2. The molecule has 0 aromatic carbocycles. The highest BCUT2D eigenvalue weighted by Crippen LogP contribution is 2.29. The number of nitriles is 1. The van der Waals surface area contributed by atoms with Gasteiger partial charge in [-0.25, -0.2) is 4.98 Å². The van der Waals surface area contributed by atoms with Crippen LogP contribution in [0.3, 0.4) is 0 Å². The number of nitrogens with zero attached hydrogens (tertiary/aromatic N) is 4. The van der Waals surface area contributed by atoms with Crippen LogP contribution in [0.2, 0.25) is 0 Å². The zero-order valence-corrected chi connectivity index (χ0v) is 10.8. The molecule has 3 rings (SSSR count). The third kappa shape index (κ3) is 2.06. The van der Waals surface area contributed by atoms with Gasteiger partial charge in [0.2, 0.25) is 0 Å². The van der Waals surface area contributed by atoms with Gasteiger partial charge in [0.05, 0.1) is 5.56 Å². The van der Waals surface area contributed by atoms with E-state index in [9.17, 15) is 5.26 Å². The zero-order chi connectivity index (χ0) is 12.5. The quantitative estimate of drug-likeness (QED) is 0.789. The molecule has 1 aliphatic heterocycles. The minimum Gasteiger partial charge on any atom is -0.353 e. The van der Waals surface area contributed by atoms with Crippen molar-refractivity contribution in [3.63, 3.8) is 0 Å². The van der Waals surface area contributed by atoms with Crippen LogP contribution < -0.4 is 4.90 Å². The molecule has 0 bridgehead atoms. The van der Waals surface area contributed by atoms with Gasteiger partial charge in [-0.2, -0.15) is 5.26 Å². The first-order valence-electron chi connectivity index (χ1n) is 6.64. The van der Waals surface area contributed by atoms with E-state index in [0.29, 0.717) is 0 Å². The van der Waals surface area contributed by atoms with Crippen LogP contribution >= 0.6 is 0 Å². The van der Waals surface area contributed by atoms with Crippen LogP contribution in [0.15, 0.2) is 12.3 Å². The Morgan fingerprint density at radius 3 is 2.61 bits per heavy atom. The van der Waals surface area contributed by atoms with Crippen molar-refractivity contribution >= 4 is 5.82 Å². The van der Waals surface area contributed by atoms with Gasteiger partial charge < -0.3 is 4.90 Å². The highest BCUT2D eigenvalue weighted by atomic mass is 15.3. The molecular formula is C14H18N4. The first kappa shape index (κ1) is 11.5. The summed E-state index contributed by atoms with van der Waals surface area (Å²) in [4.78, 5) is 9.23. The summed E-state index contributed by atoms with van der Waals surface area (Å²) in [5.41, 5.74) is 1.75. The normalized spacial score (nSPS) is 20.8. The van der Waals surface area contributed by atoms with Gasteiger partial charge in [0.25, 0.3) is 0 Å². The number of aromatic nitrogens is 1. The van der Waals surface area contributed by atoms with Gasteiger partial charge in [-0.15, -0.1) is 0 Å². The molecule has 1 saturated heterocycles. The lowest BCUT2D eigenvalue weighted by atomic mass is 10.1. The summed E-state index contributed by atoms with van der Waals surface area (Å²) in [5.74, 6) is 0.868. The number of hydrogen-bond donors (Lipinski definition) is 0. The van der Waals surface area contributed by atoms with E-state index in [-0.39, 0.29) is 0 Å². The van der Waals surface area contributed by atoms with Crippen molar-refractivity contribution in [1.82, 2.24) is 9.88 Å². The van der Waals surface area contributed by atoms with Gasteiger partial charge in [-0.05, 0) is 31.4 Å². The Morgan fingerprint density at radius 2 is 2.00 bits per heavy atom. The third-order valence-corrected chi connectivity index (χ3v) is 3.93. The Kier molecular flexibility index (Phi) is 2.92. The molecule has 4 heteroatoms. The molecule has 2 aliphatic rings. The number of hydrogen-bond acceptors (Lipinski definition) is 4. The van der Waals surface area contributed by atoms with E-state index in [1.54, 1.807) is 6.20 Å². The summed E-state index contributed by atoms with van der Waals surface area (Å²) in [6.07, 6.45) is 4.54. The van der Waals surface area contributed by atoms with Crippen molar-refractivity contribution in [2.24, 2.45) is 0 Å². The van der Waals surface area contributed by atoms with Crippen molar-refractivity contribution in [2.75, 3.05) is 31.1 Å². The molecule has 0 unspecified atom stereocenters. The van der Waals surface area contributed by atoms with Crippen molar-refractivity contribution in [3.05, 3.63) is 23.4 Å². The van der Waals surface area contributed by atoms with E-state index in [2.05, 4.69) is 20.9 Å². The molecule has 1 aromatic heterocycles. The topological polar surface area (TPSA) is 43.2 Å². The van der Waals surface area contributed by atoms with Crippen molar-refractivity contribution in [1.29, 1.82) is 5.26 Å². The number of anilines is 1. The van der Waals surface area contributed by atoms with E-state index < -0.39 is 0 Å². The minimum absolute atomic E-state index is 0.734. The second-order valence-corrected chi connectivity index (χ2v) is 5.19. The highest BCUT2D eigenvalue weighted by Gasteiger charge is 2.31. The summed E-state index contributed by atoms with van der Waals surface area (Å²) in [7, 11) is 0. The monoisotopic (exact) mass is 242 g/mol. The van der Waals surface area contributed by atoms with Crippen LogP contribution in [-0.2, 0) is 0 Å². The number of pyridine rings is 1. The van der Waals surface area contributed by atoms with E-state index in [1.165, 1.54) is 12.8 Å². The lowest BCUT2D eigenvalue weighted by Crippen LogP contribution is -2.47. The molecule has 0 atom stereocenters. The number of aryl methyl sites for hydroxylation is 1. The smallest absolute Gasteiger partial charge is 0.146 e. The molecule has 0 radical (unpaired) electrons. The Labute approximate surface area is 108 Å². The maximum absolute atomic E-state index is 9.25. The second kappa shape index (κ2) is 4.58. The minimum atomic E-state index is 0.734. The van der Waals surface area contributed by atoms with E-state index in [1.807, 2.05) is 13.0 Å². The average Bonchev–Trinajstić information content (AvgIpc) is 3.23. The maximum atomic E-state index is 9.25. The van der Waals surface area contributed by atoms with E-state index in [0.717, 1.165) is 49.2 Å². The lowest BCUT2D eigenvalue weighted by Gasteiger charge is -2.35. The predicted octanol–water partition coefficient (Wildman–Crippen LogP) is 1.55. The summed E-state index contributed by atoms with van der Waals surface area (Å²) in [5, 5.41) is 9.25. The van der Waals surface area contributed by atoms with Gasteiger partial charge in [-0.1, -0.05) is 0 Å². The van der Waals surface area contributed by atoms with Crippen LogP contribution in [0, 0.1) is 18.3 Å². The Bertz CT molecular complexity index is 479. The Morgan fingerprint density at radius 1 is 1.28 bits per heavy atom. The third-order valence-electron chi connectivity index (χ3n) is 3.93. The van der Waals surface area contributed by atoms with Crippen molar-refractivity contribution in [2.45, 2.75) is 25.8 Å². The summed E-state index contributed by atoms with van der Waals surface area (Å²) >= 11 is 0. The summed E-state index contributed by atoms with van der Waals surface area (Å²) in [6.45, 7) is 6.16. The number of piperazine rings is 1. The first-order chi connectivity index (χ1) is 8.79. The van der Waals surface area contributed by atoms with Crippen LogP contribution in [0.1, 0.15) is 24.0 Å². The maximum Gasteiger partial charge on any atom is 0.146 e. The lowest BCUT2D eigenvalue weighted by molar-refractivity contribution is 0.247. The van der Waals surface area contributed by atoms with Crippen molar-refractivity contribution < 1.29 is 0 Å². The molecule has 1 aliphatic carbocycles. The largest absolute Gasteiger partial charge is 0.353 e. The standard InChI is InChI=1S/C14H18N4/c1-11-4-5-16-14(13(11)10-15)18-8-6-17(7-9-18)12-2-3-12/h4-5,12H,2-3,6-9H2,1H3. The molecule has 1 saturated carbocycles. The van der Waals surface area contributed by atoms with Gasteiger partial charge in [0, 0.05) is 38.4 Å². The van der Waals surface area contributed by atoms with Crippen molar-refractivity contribution in [3.8, 4) is 6.07 Å². The van der Waals surface area contributed by atoms with Crippen LogP contribution in [0.4, 0.5) is 5.82 Å². The van der Waals surface area contributed by atoms with Gasteiger partial charge in [-0.3, -0.25) is 4.90 Å². The molecule has 0 N–H and O–H groups in total. The molecule has 2 fully saturated rings. The molecular weight excluding hydrogens is 224 g/mol. The molecule has 18 heavy (non-hydrogen) atoms. The molecule has 94 valence electrons. The van der Waals surface area contributed by atoms with Gasteiger partial charge in [0.1, 0.15) is 11.9 Å². The highest BCUT2D eigenvalue weighted by molar-refractivity contribution is 5.57. The fourth-order valence-electron chi connectivity index (χ4n) is 2.66. The average molecular weight is 242 g/mol. The predicted molar refractivity (Wildman–Crippen MR) is 70.5 cm³/mol. The Balaban J connectivity index is 1.76. The fourth-order valence-corrected chi connectivity index (χ4v) is 2.66.